The Labute approximate surface area is 141 Å². The van der Waals surface area contributed by atoms with Gasteiger partial charge in [-0.15, -0.1) is 11.3 Å². The molecule has 24 heavy (non-hydrogen) atoms. The highest BCUT2D eigenvalue weighted by Gasteiger charge is 2.17. The molecule has 0 aliphatic rings. The van der Waals surface area contributed by atoms with Gasteiger partial charge in [-0.05, 0) is 23.3 Å². The lowest BCUT2D eigenvalue weighted by Crippen LogP contribution is -2.13. The van der Waals surface area contributed by atoms with Gasteiger partial charge in [0.05, 0.1) is 11.3 Å². The third-order valence-electron chi connectivity index (χ3n) is 3.88. The summed E-state index contributed by atoms with van der Waals surface area (Å²) < 4.78 is 8.28. The van der Waals surface area contributed by atoms with E-state index in [1.165, 1.54) is 17.2 Å². The molecule has 4 aromatic rings. The third kappa shape index (κ3) is 2.43. The highest BCUT2D eigenvalue weighted by Crippen LogP contribution is 2.26. The standard InChI is InChI=1S/C17H14N4O2S/c1-2-14-13(7-18-17-19-10-20-21(14)17)16(22)23-8-11-9-24-15-6-4-3-5-12(11)15/h3-7,9-10H,2,8H2,1H3. The fourth-order valence-corrected chi connectivity index (χ4v) is 3.65. The van der Waals surface area contributed by atoms with Gasteiger partial charge in [0.25, 0.3) is 5.78 Å². The van der Waals surface area contributed by atoms with E-state index in [1.807, 2.05) is 30.5 Å². The molecule has 0 amide bonds. The van der Waals surface area contributed by atoms with Gasteiger partial charge in [-0.1, -0.05) is 25.1 Å². The Bertz CT molecular complexity index is 1040. The molecule has 0 aliphatic heterocycles. The summed E-state index contributed by atoms with van der Waals surface area (Å²) in [7, 11) is 0. The number of benzene rings is 1. The molecule has 0 saturated heterocycles. The van der Waals surface area contributed by atoms with Gasteiger partial charge in [0.2, 0.25) is 0 Å². The molecular weight excluding hydrogens is 324 g/mol. The predicted octanol–water partition coefficient (Wildman–Crippen LogP) is 3.26. The normalized spacial score (nSPS) is 11.2. The summed E-state index contributed by atoms with van der Waals surface area (Å²) in [6.45, 7) is 2.20. The largest absolute Gasteiger partial charge is 0.457 e. The van der Waals surface area contributed by atoms with E-state index in [1.54, 1.807) is 15.9 Å². The number of carbonyl (C=O) groups is 1. The average molecular weight is 338 g/mol. The Morgan fingerprint density at radius 3 is 3.04 bits per heavy atom. The minimum Gasteiger partial charge on any atom is -0.457 e. The number of ether oxygens (including phenoxy) is 1. The van der Waals surface area contributed by atoms with Gasteiger partial charge >= 0.3 is 5.97 Å². The molecule has 0 aliphatic carbocycles. The SMILES string of the molecule is CCc1c(C(=O)OCc2csc3ccccc23)cnc2ncnn12. The first-order chi connectivity index (χ1) is 11.8. The smallest absolute Gasteiger partial charge is 0.341 e. The van der Waals surface area contributed by atoms with Crippen LogP contribution in [0.2, 0.25) is 0 Å². The van der Waals surface area contributed by atoms with Gasteiger partial charge in [-0.2, -0.15) is 10.1 Å². The molecular formula is C17H14N4O2S. The van der Waals surface area contributed by atoms with Crippen molar-refractivity contribution in [1.29, 1.82) is 0 Å². The molecule has 0 bridgehead atoms. The molecule has 6 nitrogen and oxygen atoms in total. The maximum Gasteiger partial charge on any atom is 0.341 e. The average Bonchev–Trinajstić information content (AvgIpc) is 3.25. The molecule has 0 atom stereocenters. The van der Waals surface area contributed by atoms with Crippen LogP contribution >= 0.6 is 11.3 Å². The van der Waals surface area contributed by atoms with Crippen LogP contribution in [0.3, 0.4) is 0 Å². The van der Waals surface area contributed by atoms with E-state index in [0.29, 0.717) is 17.8 Å². The summed E-state index contributed by atoms with van der Waals surface area (Å²) in [5, 5.41) is 7.27. The van der Waals surface area contributed by atoms with Crippen molar-refractivity contribution < 1.29 is 9.53 Å². The molecule has 0 fully saturated rings. The molecule has 0 radical (unpaired) electrons. The number of nitrogens with zero attached hydrogens (tertiary/aromatic N) is 4. The maximum atomic E-state index is 12.5. The molecule has 0 N–H and O–H groups in total. The number of rotatable bonds is 4. The molecule has 7 heteroatoms. The van der Waals surface area contributed by atoms with E-state index in [4.69, 9.17) is 4.74 Å². The first-order valence-corrected chi connectivity index (χ1v) is 8.45. The zero-order valence-electron chi connectivity index (χ0n) is 13.0. The van der Waals surface area contributed by atoms with Crippen molar-refractivity contribution in [2.24, 2.45) is 0 Å². The molecule has 120 valence electrons. The molecule has 0 spiro atoms. The lowest BCUT2D eigenvalue weighted by molar-refractivity contribution is 0.0472. The lowest BCUT2D eigenvalue weighted by atomic mass is 10.2. The van der Waals surface area contributed by atoms with Gasteiger partial charge in [-0.3, -0.25) is 0 Å². The molecule has 3 heterocycles. The van der Waals surface area contributed by atoms with Gasteiger partial charge in [-0.25, -0.2) is 14.3 Å². The fraction of sp³-hybridized carbons (Fsp3) is 0.176. The molecule has 0 saturated carbocycles. The second-order valence-corrected chi connectivity index (χ2v) is 6.19. The van der Waals surface area contributed by atoms with Gasteiger partial charge in [0.15, 0.2) is 0 Å². The van der Waals surface area contributed by atoms with Crippen LogP contribution in [0.1, 0.15) is 28.5 Å². The minimum atomic E-state index is -0.396. The van der Waals surface area contributed by atoms with Crippen molar-refractivity contribution in [2.45, 2.75) is 20.0 Å². The summed E-state index contributed by atoms with van der Waals surface area (Å²) >= 11 is 1.65. The van der Waals surface area contributed by atoms with E-state index in [9.17, 15) is 4.79 Å². The van der Waals surface area contributed by atoms with Gasteiger partial charge in [0, 0.05) is 16.5 Å². The highest BCUT2D eigenvalue weighted by molar-refractivity contribution is 7.17. The summed E-state index contributed by atoms with van der Waals surface area (Å²) in [5.41, 5.74) is 2.18. The van der Waals surface area contributed by atoms with Crippen LogP contribution in [0.4, 0.5) is 0 Å². The van der Waals surface area contributed by atoms with E-state index in [2.05, 4.69) is 21.1 Å². The molecule has 4 rings (SSSR count). The second-order valence-electron chi connectivity index (χ2n) is 5.28. The van der Waals surface area contributed by atoms with Crippen LogP contribution in [0, 0.1) is 0 Å². The second kappa shape index (κ2) is 6.01. The Balaban J connectivity index is 1.60. The van der Waals surface area contributed by atoms with Crippen molar-refractivity contribution in [3.05, 3.63) is 59.0 Å². The zero-order valence-corrected chi connectivity index (χ0v) is 13.8. The molecule has 0 unspecified atom stereocenters. The maximum absolute atomic E-state index is 12.5. The topological polar surface area (TPSA) is 69.4 Å². The van der Waals surface area contributed by atoms with Crippen molar-refractivity contribution in [3.8, 4) is 0 Å². The van der Waals surface area contributed by atoms with E-state index in [0.717, 1.165) is 16.6 Å². The lowest BCUT2D eigenvalue weighted by Gasteiger charge is -2.09. The molecule has 3 aromatic heterocycles. The van der Waals surface area contributed by atoms with Crippen LogP contribution in [-0.2, 0) is 17.8 Å². The first kappa shape index (κ1) is 14.8. The Morgan fingerprint density at radius 1 is 1.29 bits per heavy atom. The summed E-state index contributed by atoms with van der Waals surface area (Å²) in [5.74, 6) is 0.0826. The third-order valence-corrected chi connectivity index (χ3v) is 4.89. The van der Waals surface area contributed by atoms with E-state index < -0.39 is 5.97 Å². The number of hydrogen-bond acceptors (Lipinski definition) is 6. The minimum absolute atomic E-state index is 0.237. The number of esters is 1. The van der Waals surface area contributed by atoms with Crippen molar-refractivity contribution in [1.82, 2.24) is 19.6 Å². The van der Waals surface area contributed by atoms with Crippen molar-refractivity contribution in [3.63, 3.8) is 0 Å². The number of hydrogen-bond donors (Lipinski definition) is 0. The van der Waals surface area contributed by atoms with E-state index in [-0.39, 0.29) is 6.61 Å². The van der Waals surface area contributed by atoms with Gasteiger partial charge < -0.3 is 4.74 Å². The Kier molecular flexibility index (Phi) is 3.70. The number of aryl methyl sites for hydroxylation is 1. The number of thiophene rings is 1. The number of carbonyl (C=O) groups excluding carboxylic acids is 1. The Hall–Kier alpha value is -2.80. The van der Waals surface area contributed by atoms with Crippen LogP contribution in [0.15, 0.2) is 42.2 Å². The van der Waals surface area contributed by atoms with E-state index >= 15 is 0 Å². The number of aromatic nitrogens is 4. The van der Waals surface area contributed by atoms with Gasteiger partial charge in [0.1, 0.15) is 12.9 Å². The highest BCUT2D eigenvalue weighted by atomic mass is 32.1. The first-order valence-electron chi connectivity index (χ1n) is 7.57. The van der Waals surface area contributed by atoms with Crippen LogP contribution in [-0.4, -0.2) is 25.6 Å². The predicted molar refractivity (Wildman–Crippen MR) is 91.1 cm³/mol. The summed E-state index contributed by atoms with van der Waals surface area (Å²) in [6, 6.07) is 8.08. The van der Waals surface area contributed by atoms with Crippen LogP contribution in [0.25, 0.3) is 15.9 Å². The van der Waals surface area contributed by atoms with Crippen molar-refractivity contribution in [2.75, 3.05) is 0 Å². The van der Waals surface area contributed by atoms with Crippen molar-refractivity contribution >= 4 is 33.2 Å². The summed E-state index contributed by atoms with van der Waals surface area (Å²) in [4.78, 5) is 20.7. The Morgan fingerprint density at radius 2 is 2.17 bits per heavy atom. The van der Waals surface area contributed by atoms with Crippen LogP contribution < -0.4 is 0 Å². The number of fused-ring (bicyclic) bond motifs is 2. The summed E-state index contributed by atoms with van der Waals surface area (Å²) in [6.07, 6.45) is 3.57. The zero-order chi connectivity index (χ0) is 16.5. The van der Waals surface area contributed by atoms with Crippen LogP contribution in [0.5, 0.6) is 0 Å². The monoisotopic (exact) mass is 338 g/mol. The quantitative estimate of drug-likeness (QED) is 0.534. The molecule has 1 aromatic carbocycles. The fourth-order valence-electron chi connectivity index (χ4n) is 2.70.